The molecule has 0 fully saturated rings. The van der Waals surface area contributed by atoms with Crippen molar-refractivity contribution in [1.82, 2.24) is 0 Å². The Morgan fingerprint density at radius 2 is 1.86 bits per heavy atom. The highest BCUT2D eigenvalue weighted by Crippen LogP contribution is 2.34. The van der Waals surface area contributed by atoms with Gasteiger partial charge in [0, 0.05) is 5.02 Å². The molecule has 0 saturated heterocycles. The molecule has 0 aliphatic rings. The number of hydrogen-bond acceptors (Lipinski definition) is 3. The molecular weight excluding hydrogens is 288 g/mol. The van der Waals surface area contributed by atoms with Crippen molar-refractivity contribution in [3.05, 3.63) is 28.3 Å². The van der Waals surface area contributed by atoms with E-state index in [1.54, 1.807) is 0 Å². The average Bonchev–Trinajstić information content (AvgIpc) is 2.46. The van der Waals surface area contributed by atoms with Crippen molar-refractivity contribution in [2.75, 3.05) is 6.61 Å². The van der Waals surface area contributed by atoms with E-state index >= 15 is 0 Å². The maximum absolute atomic E-state index is 10.0. The predicted octanol–water partition coefficient (Wildman–Crippen LogP) is 4.06. The number of hydrogen-bond donors (Lipinski definition) is 2. The number of ether oxygens (including phenoxy) is 1. The van der Waals surface area contributed by atoms with Gasteiger partial charge < -0.3 is 14.9 Å². The first-order valence-corrected chi connectivity index (χ1v) is 8.07. The summed E-state index contributed by atoms with van der Waals surface area (Å²) in [6.07, 6.45) is 0.545. The van der Waals surface area contributed by atoms with E-state index in [1.807, 2.05) is 32.9 Å². The van der Waals surface area contributed by atoms with Crippen molar-refractivity contribution >= 4 is 11.6 Å². The van der Waals surface area contributed by atoms with Gasteiger partial charge in [-0.25, -0.2) is 0 Å². The molecule has 0 aliphatic carbocycles. The molecule has 0 spiro atoms. The van der Waals surface area contributed by atoms with Gasteiger partial charge in [0.05, 0.1) is 18.8 Å². The SMILES string of the molecule is CCCOc1cc(C)c(Cl)cc1C(C)CC(O)C(O)CC. The minimum absolute atomic E-state index is 0.0613. The molecule has 0 radical (unpaired) electrons. The van der Waals surface area contributed by atoms with Gasteiger partial charge in [-0.1, -0.05) is 32.4 Å². The molecule has 0 bridgehead atoms. The second-order valence-electron chi connectivity index (χ2n) is 5.67. The molecule has 0 heterocycles. The second-order valence-corrected chi connectivity index (χ2v) is 6.07. The Hall–Kier alpha value is -0.770. The zero-order valence-electron chi connectivity index (χ0n) is 13.4. The van der Waals surface area contributed by atoms with E-state index in [1.165, 1.54) is 0 Å². The number of aliphatic hydroxyl groups excluding tert-OH is 2. The number of benzene rings is 1. The number of halogens is 1. The van der Waals surface area contributed by atoms with Crippen LogP contribution >= 0.6 is 11.6 Å². The van der Waals surface area contributed by atoms with E-state index in [9.17, 15) is 10.2 Å². The van der Waals surface area contributed by atoms with Crippen LogP contribution in [0.3, 0.4) is 0 Å². The molecule has 0 saturated carbocycles. The van der Waals surface area contributed by atoms with Crippen LogP contribution in [0, 0.1) is 6.92 Å². The fraction of sp³-hybridized carbons (Fsp3) is 0.647. The monoisotopic (exact) mass is 314 g/mol. The summed E-state index contributed by atoms with van der Waals surface area (Å²) >= 11 is 6.22. The minimum atomic E-state index is -0.732. The Bertz CT molecular complexity index is 448. The lowest BCUT2D eigenvalue weighted by atomic mass is 9.91. The van der Waals surface area contributed by atoms with Gasteiger partial charge >= 0.3 is 0 Å². The van der Waals surface area contributed by atoms with Crippen molar-refractivity contribution in [1.29, 1.82) is 0 Å². The molecule has 21 heavy (non-hydrogen) atoms. The Kier molecular flexibility index (Phi) is 7.50. The molecule has 0 aromatic heterocycles. The van der Waals surface area contributed by atoms with Crippen LogP contribution in [0.25, 0.3) is 0 Å². The van der Waals surface area contributed by atoms with E-state index in [-0.39, 0.29) is 5.92 Å². The molecule has 1 aromatic carbocycles. The second kappa shape index (κ2) is 8.62. The van der Waals surface area contributed by atoms with Gasteiger partial charge in [-0.15, -0.1) is 0 Å². The van der Waals surface area contributed by atoms with E-state index in [0.29, 0.717) is 24.5 Å². The fourth-order valence-electron chi connectivity index (χ4n) is 2.31. The molecule has 0 amide bonds. The molecule has 3 atom stereocenters. The standard InChI is InChI=1S/C17H27ClO3/c1-5-7-21-17-9-12(4)14(18)10-13(17)11(3)8-16(20)15(19)6-2/h9-11,15-16,19-20H,5-8H2,1-4H3. The largest absolute Gasteiger partial charge is 0.493 e. The molecule has 1 rings (SSSR count). The van der Waals surface area contributed by atoms with Crippen molar-refractivity contribution < 1.29 is 14.9 Å². The van der Waals surface area contributed by atoms with Gasteiger partial charge in [0.25, 0.3) is 0 Å². The van der Waals surface area contributed by atoms with Crippen molar-refractivity contribution in [2.24, 2.45) is 0 Å². The highest BCUT2D eigenvalue weighted by atomic mass is 35.5. The van der Waals surface area contributed by atoms with Crippen LogP contribution in [0.4, 0.5) is 0 Å². The van der Waals surface area contributed by atoms with E-state index in [0.717, 1.165) is 23.3 Å². The van der Waals surface area contributed by atoms with E-state index < -0.39 is 12.2 Å². The van der Waals surface area contributed by atoms with Crippen molar-refractivity contribution in [3.8, 4) is 5.75 Å². The Morgan fingerprint density at radius 1 is 1.19 bits per heavy atom. The van der Waals surface area contributed by atoms with Crippen molar-refractivity contribution in [3.63, 3.8) is 0 Å². The van der Waals surface area contributed by atoms with Gasteiger partial charge in [-0.3, -0.25) is 0 Å². The van der Waals surface area contributed by atoms with Gasteiger partial charge in [-0.05, 0) is 55.4 Å². The third-order valence-electron chi connectivity index (χ3n) is 3.74. The summed E-state index contributed by atoms with van der Waals surface area (Å²) in [5.41, 5.74) is 1.97. The van der Waals surface area contributed by atoms with Crippen LogP contribution in [-0.4, -0.2) is 29.0 Å². The molecule has 3 unspecified atom stereocenters. The minimum Gasteiger partial charge on any atom is -0.493 e. The molecular formula is C17H27ClO3. The Labute approximate surface area is 132 Å². The van der Waals surface area contributed by atoms with Crippen molar-refractivity contribution in [2.45, 2.75) is 65.1 Å². The molecule has 3 nitrogen and oxygen atoms in total. The summed E-state index contributed by atoms with van der Waals surface area (Å²) in [4.78, 5) is 0. The fourth-order valence-corrected chi connectivity index (χ4v) is 2.48. The lowest BCUT2D eigenvalue weighted by molar-refractivity contribution is 0.00941. The lowest BCUT2D eigenvalue weighted by Gasteiger charge is -2.23. The molecule has 4 heteroatoms. The predicted molar refractivity (Wildman–Crippen MR) is 87.3 cm³/mol. The van der Waals surface area contributed by atoms with Gasteiger partial charge in [0.1, 0.15) is 5.75 Å². The van der Waals surface area contributed by atoms with Gasteiger partial charge in [-0.2, -0.15) is 0 Å². The molecule has 1 aromatic rings. The lowest BCUT2D eigenvalue weighted by Crippen LogP contribution is -2.26. The van der Waals surface area contributed by atoms with Crippen LogP contribution in [0.15, 0.2) is 12.1 Å². The normalized spacial score (nSPS) is 15.6. The summed E-state index contributed by atoms with van der Waals surface area (Å²) in [6, 6.07) is 3.87. The maximum Gasteiger partial charge on any atom is 0.123 e. The summed E-state index contributed by atoms with van der Waals surface area (Å²) in [5.74, 6) is 0.885. The molecule has 0 aliphatic heterocycles. The smallest absolute Gasteiger partial charge is 0.123 e. The summed E-state index contributed by atoms with van der Waals surface area (Å²) in [6.45, 7) is 8.54. The summed E-state index contributed by atoms with van der Waals surface area (Å²) < 4.78 is 5.81. The van der Waals surface area contributed by atoms with Gasteiger partial charge in [0.15, 0.2) is 0 Å². The highest BCUT2D eigenvalue weighted by Gasteiger charge is 2.21. The van der Waals surface area contributed by atoms with Crippen LogP contribution in [-0.2, 0) is 0 Å². The Morgan fingerprint density at radius 3 is 2.43 bits per heavy atom. The third-order valence-corrected chi connectivity index (χ3v) is 4.15. The number of aryl methyl sites for hydroxylation is 1. The third kappa shape index (κ3) is 5.17. The zero-order valence-corrected chi connectivity index (χ0v) is 14.2. The van der Waals surface area contributed by atoms with Gasteiger partial charge in [0.2, 0.25) is 0 Å². The first-order valence-electron chi connectivity index (χ1n) is 7.69. The summed E-state index contributed by atoms with van der Waals surface area (Å²) in [5, 5.41) is 20.4. The van der Waals surface area contributed by atoms with Crippen LogP contribution in [0.2, 0.25) is 5.02 Å². The number of aliphatic hydroxyl groups is 2. The summed E-state index contributed by atoms with van der Waals surface area (Å²) in [7, 11) is 0. The Balaban J connectivity index is 2.95. The van der Waals surface area contributed by atoms with E-state index in [4.69, 9.17) is 16.3 Å². The number of rotatable bonds is 8. The first kappa shape index (κ1) is 18.3. The zero-order chi connectivity index (χ0) is 16.0. The topological polar surface area (TPSA) is 49.7 Å². The molecule has 120 valence electrons. The van der Waals surface area contributed by atoms with Crippen LogP contribution in [0.5, 0.6) is 5.75 Å². The van der Waals surface area contributed by atoms with Crippen LogP contribution in [0.1, 0.15) is 57.1 Å². The highest BCUT2D eigenvalue weighted by molar-refractivity contribution is 6.31. The van der Waals surface area contributed by atoms with Crippen LogP contribution < -0.4 is 4.74 Å². The molecule has 2 N–H and O–H groups in total. The maximum atomic E-state index is 10.0. The first-order chi connectivity index (χ1) is 9.90. The average molecular weight is 315 g/mol. The quantitative estimate of drug-likeness (QED) is 0.760. The van der Waals surface area contributed by atoms with E-state index in [2.05, 4.69) is 6.92 Å².